The molecule has 0 saturated heterocycles. The number of hydrogen-bond donors (Lipinski definition) is 1. The van der Waals surface area contributed by atoms with Crippen LogP contribution in [0.2, 0.25) is 0 Å². The molecular weight excluding hydrogens is 366 g/mol. The Kier molecular flexibility index (Phi) is 4.32. The van der Waals surface area contributed by atoms with Crippen molar-refractivity contribution in [1.82, 2.24) is 9.97 Å². The molecule has 0 bridgehead atoms. The molecule has 0 fully saturated rings. The zero-order valence-corrected chi connectivity index (χ0v) is 17.6. The second-order valence-electron chi connectivity index (χ2n) is 8.31. The maximum absolute atomic E-state index is 5.02. The monoisotopic (exact) mass is 391 g/mol. The number of fused-ring (bicyclic) bond motifs is 1. The van der Waals surface area contributed by atoms with Gasteiger partial charge in [0.2, 0.25) is 0 Å². The second-order valence-corrected chi connectivity index (χ2v) is 8.31. The highest BCUT2D eigenvalue weighted by Gasteiger charge is 2.38. The molecule has 0 aliphatic carbocycles. The molecule has 3 aromatic carbocycles. The van der Waals surface area contributed by atoms with E-state index in [9.17, 15) is 0 Å². The van der Waals surface area contributed by atoms with Gasteiger partial charge in [-0.25, -0.2) is 4.98 Å². The number of imidazole rings is 1. The summed E-state index contributed by atoms with van der Waals surface area (Å²) in [5, 5.41) is 0. The average molecular weight is 392 g/mol. The van der Waals surface area contributed by atoms with Crippen LogP contribution in [0.4, 0.5) is 5.69 Å². The number of para-hydroxylation sites is 1. The Hall–Kier alpha value is -3.59. The van der Waals surface area contributed by atoms with Crippen LogP contribution in [0.3, 0.4) is 0 Å². The molecule has 148 valence electrons. The maximum Gasteiger partial charge on any atom is 0.132 e. The van der Waals surface area contributed by atoms with Gasteiger partial charge in [-0.3, -0.25) is 0 Å². The lowest BCUT2D eigenvalue weighted by Crippen LogP contribution is -2.22. The molecule has 0 atom stereocenters. The van der Waals surface area contributed by atoms with Gasteiger partial charge in [0.25, 0.3) is 0 Å². The number of nitrogens with one attached hydrogen (secondary N) is 1. The SMILES string of the molecule is CN1/C(=C/c2nc(-c3ccccc3)c(-c3ccccc3)[nH]2)C(C)(C)c2ccccc21. The molecule has 4 aromatic rings. The fourth-order valence-corrected chi connectivity index (χ4v) is 4.47. The van der Waals surface area contributed by atoms with Crippen LogP contribution in [0.25, 0.3) is 28.6 Å². The number of nitrogens with zero attached hydrogens (tertiary/aromatic N) is 2. The van der Waals surface area contributed by atoms with Crippen LogP contribution < -0.4 is 4.90 Å². The predicted octanol–water partition coefficient (Wildman–Crippen LogP) is 6.51. The van der Waals surface area contributed by atoms with E-state index >= 15 is 0 Å². The van der Waals surface area contributed by atoms with E-state index in [0.717, 1.165) is 28.3 Å². The van der Waals surface area contributed by atoms with Crippen LogP contribution in [0, 0.1) is 0 Å². The highest BCUT2D eigenvalue weighted by Crippen LogP contribution is 2.47. The topological polar surface area (TPSA) is 31.9 Å². The van der Waals surface area contributed by atoms with E-state index in [1.807, 2.05) is 12.1 Å². The van der Waals surface area contributed by atoms with E-state index < -0.39 is 0 Å². The van der Waals surface area contributed by atoms with Gasteiger partial charge in [0.15, 0.2) is 0 Å². The van der Waals surface area contributed by atoms with Gasteiger partial charge in [-0.15, -0.1) is 0 Å². The Bertz CT molecular complexity index is 1160. The molecule has 1 aliphatic rings. The third-order valence-corrected chi connectivity index (χ3v) is 6.05. The van der Waals surface area contributed by atoms with E-state index in [0.29, 0.717) is 0 Å². The number of likely N-dealkylation sites (N-methyl/N-ethyl adjacent to an activating group) is 1. The van der Waals surface area contributed by atoms with Gasteiger partial charge < -0.3 is 9.88 Å². The summed E-state index contributed by atoms with van der Waals surface area (Å²) in [6.07, 6.45) is 2.19. The van der Waals surface area contributed by atoms with E-state index in [2.05, 4.69) is 110 Å². The van der Waals surface area contributed by atoms with Gasteiger partial charge in [-0.1, -0.05) is 92.7 Å². The number of allylic oxidation sites excluding steroid dienone is 1. The van der Waals surface area contributed by atoms with Crippen molar-refractivity contribution in [2.45, 2.75) is 19.3 Å². The number of aromatic amines is 1. The number of anilines is 1. The molecular formula is C27H25N3. The molecule has 3 nitrogen and oxygen atoms in total. The number of benzene rings is 3. The molecule has 2 heterocycles. The largest absolute Gasteiger partial charge is 0.347 e. The summed E-state index contributed by atoms with van der Waals surface area (Å²) in [4.78, 5) is 10.9. The lowest BCUT2D eigenvalue weighted by Gasteiger charge is -2.23. The summed E-state index contributed by atoms with van der Waals surface area (Å²) in [6, 6.07) is 29.4. The van der Waals surface area contributed by atoms with Crippen molar-refractivity contribution < 1.29 is 0 Å². The van der Waals surface area contributed by atoms with Crippen LogP contribution in [-0.4, -0.2) is 17.0 Å². The Morgan fingerprint density at radius 1 is 0.800 bits per heavy atom. The summed E-state index contributed by atoms with van der Waals surface area (Å²) in [5.41, 5.74) is 8.02. The maximum atomic E-state index is 5.02. The smallest absolute Gasteiger partial charge is 0.132 e. The van der Waals surface area contributed by atoms with Gasteiger partial charge in [-0.2, -0.15) is 0 Å². The van der Waals surface area contributed by atoms with Crippen LogP contribution in [0.5, 0.6) is 0 Å². The van der Waals surface area contributed by atoms with Crippen LogP contribution >= 0.6 is 0 Å². The molecule has 5 rings (SSSR count). The first-order valence-corrected chi connectivity index (χ1v) is 10.3. The zero-order valence-electron chi connectivity index (χ0n) is 17.6. The van der Waals surface area contributed by atoms with E-state index in [4.69, 9.17) is 4.98 Å². The third-order valence-electron chi connectivity index (χ3n) is 6.05. The molecule has 1 aromatic heterocycles. The molecule has 3 heteroatoms. The number of rotatable bonds is 3. The van der Waals surface area contributed by atoms with Gasteiger partial charge >= 0.3 is 0 Å². The first-order valence-electron chi connectivity index (χ1n) is 10.3. The Labute approximate surface area is 177 Å². The molecule has 0 spiro atoms. The normalized spacial score (nSPS) is 16.1. The Balaban J connectivity index is 1.66. The lowest BCUT2D eigenvalue weighted by atomic mass is 9.84. The van der Waals surface area contributed by atoms with Crippen LogP contribution in [0.15, 0.2) is 90.6 Å². The molecule has 1 aliphatic heterocycles. The van der Waals surface area contributed by atoms with Crippen LogP contribution in [-0.2, 0) is 5.41 Å². The number of hydrogen-bond acceptors (Lipinski definition) is 2. The minimum absolute atomic E-state index is 0.0854. The van der Waals surface area contributed by atoms with Gasteiger partial charge in [0.05, 0.1) is 11.4 Å². The lowest BCUT2D eigenvalue weighted by molar-refractivity contribution is 0.644. The van der Waals surface area contributed by atoms with Crippen molar-refractivity contribution in [3.05, 3.63) is 102 Å². The summed E-state index contributed by atoms with van der Waals surface area (Å²) in [7, 11) is 2.14. The summed E-state index contributed by atoms with van der Waals surface area (Å²) < 4.78 is 0. The fraction of sp³-hybridized carbons (Fsp3) is 0.148. The van der Waals surface area contributed by atoms with E-state index in [-0.39, 0.29) is 5.41 Å². The molecule has 30 heavy (non-hydrogen) atoms. The molecule has 0 saturated carbocycles. The van der Waals surface area contributed by atoms with Crippen molar-refractivity contribution in [2.24, 2.45) is 0 Å². The summed E-state index contributed by atoms with van der Waals surface area (Å²) >= 11 is 0. The first kappa shape index (κ1) is 18.4. The summed E-state index contributed by atoms with van der Waals surface area (Å²) in [6.45, 7) is 4.56. The van der Waals surface area contributed by atoms with Crippen molar-refractivity contribution in [3.8, 4) is 22.5 Å². The quantitative estimate of drug-likeness (QED) is 0.431. The van der Waals surface area contributed by atoms with Gasteiger partial charge in [0, 0.05) is 41.1 Å². The third kappa shape index (κ3) is 2.94. The van der Waals surface area contributed by atoms with E-state index in [1.54, 1.807) is 0 Å². The standard InChI is InChI=1S/C27H25N3/c1-27(2)21-16-10-11-17-22(21)30(3)23(27)18-24-28-25(19-12-6-4-7-13-19)26(29-24)20-14-8-5-9-15-20/h4-18H,1-3H3,(H,28,29)/b23-18+. The van der Waals surface area contributed by atoms with Crippen molar-refractivity contribution >= 4 is 11.8 Å². The van der Waals surface area contributed by atoms with Crippen molar-refractivity contribution in [3.63, 3.8) is 0 Å². The highest BCUT2D eigenvalue weighted by molar-refractivity contribution is 5.81. The summed E-state index contributed by atoms with van der Waals surface area (Å²) in [5.74, 6) is 0.871. The number of aromatic nitrogens is 2. The van der Waals surface area contributed by atoms with Crippen LogP contribution in [0.1, 0.15) is 25.2 Å². The van der Waals surface area contributed by atoms with E-state index in [1.165, 1.54) is 16.9 Å². The van der Waals surface area contributed by atoms with Crippen molar-refractivity contribution in [1.29, 1.82) is 0 Å². The molecule has 0 radical (unpaired) electrons. The fourth-order valence-electron chi connectivity index (χ4n) is 4.47. The first-order chi connectivity index (χ1) is 14.6. The molecule has 0 amide bonds. The Morgan fingerprint density at radius 3 is 2.07 bits per heavy atom. The predicted molar refractivity (Wildman–Crippen MR) is 125 cm³/mol. The number of H-pyrrole nitrogens is 1. The highest BCUT2D eigenvalue weighted by atomic mass is 15.2. The Morgan fingerprint density at radius 2 is 1.40 bits per heavy atom. The molecule has 0 unspecified atom stereocenters. The van der Waals surface area contributed by atoms with Crippen molar-refractivity contribution in [2.75, 3.05) is 11.9 Å². The molecule has 1 N–H and O–H groups in total. The minimum atomic E-state index is -0.0854. The second kappa shape index (κ2) is 7.03. The average Bonchev–Trinajstić information content (AvgIpc) is 3.29. The van der Waals surface area contributed by atoms with Gasteiger partial charge in [0.1, 0.15) is 5.82 Å². The van der Waals surface area contributed by atoms with Gasteiger partial charge in [-0.05, 0) is 11.6 Å². The zero-order chi connectivity index (χ0) is 20.7. The minimum Gasteiger partial charge on any atom is -0.347 e.